The molecule has 0 saturated carbocycles. The number of hydrogen-bond acceptors (Lipinski definition) is 7. The summed E-state index contributed by atoms with van der Waals surface area (Å²) in [5.41, 5.74) is 1.93. The van der Waals surface area contributed by atoms with Crippen molar-refractivity contribution in [1.82, 2.24) is 40.7 Å². The highest BCUT2D eigenvalue weighted by Gasteiger charge is 2.13. The molecule has 3 rings (SSSR count). The molecule has 0 bridgehead atoms. The van der Waals surface area contributed by atoms with Gasteiger partial charge in [0.15, 0.2) is 5.69 Å². The van der Waals surface area contributed by atoms with Crippen molar-refractivity contribution in [2.75, 3.05) is 39.8 Å². The summed E-state index contributed by atoms with van der Waals surface area (Å²) in [5, 5.41) is 21.1. The number of amides is 1. The van der Waals surface area contributed by atoms with E-state index in [4.69, 9.17) is 4.74 Å². The van der Waals surface area contributed by atoms with Crippen molar-refractivity contribution in [2.24, 2.45) is 0 Å². The zero-order chi connectivity index (χ0) is 17.5. The van der Waals surface area contributed by atoms with E-state index in [1.807, 2.05) is 6.07 Å². The lowest BCUT2D eigenvalue weighted by atomic mass is 10.3. The number of aromatic nitrogens is 5. The largest absolute Gasteiger partial charge is 0.378 e. The Labute approximate surface area is 145 Å². The predicted octanol–water partition coefficient (Wildman–Crippen LogP) is -1.02. The normalized spacial score (nSPS) is 15.4. The van der Waals surface area contributed by atoms with E-state index in [1.165, 1.54) is 0 Å². The number of aromatic amines is 1. The Morgan fingerprint density at radius 1 is 1.36 bits per heavy atom. The molecule has 2 aromatic rings. The Morgan fingerprint density at radius 2 is 2.20 bits per heavy atom. The Bertz CT molecular complexity index is 677. The molecule has 1 amide bonds. The number of nitrogens with zero attached hydrogens (tertiary/aromatic N) is 5. The molecule has 0 aromatic carbocycles. The van der Waals surface area contributed by atoms with Crippen molar-refractivity contribution in [3.63, 3.8) is 0 Å². The second-order valence-electron chi connectivity index (χ2n) is 5.96. The second kappa shape index (κ2) is 8.70. The minimum Gasteiger partial charge on any atom is -0.378 e. The molecule has 10 nitrogen and oxygen atoms in total. The summed E-state index contributed by atoms with van der Waals surface area (Å²) in [6.07, 6.45) is 1.68. The van der Waals surface area contributed by atoms with Gasteiger partial charge in [-0.1, -0.05) is 5.21 Å². The molecule has 0 atom stereocenters. The van der Waals surface area contributed by atoms with Gasteiger partial charge in [-0.2, -0.15) is 5.10 Å². The Kier molecular flexibility index (Phi) is 6.09. The molecule has 0 radical (unpaired) electrons. The van der Waals surface area contributed by atoms with E-state index >= 15 is 0 Å². The van der Waals surface area contributed by atoms with Crippen LogP contribution in [0.1, 0.15) is 21.9 Å². The first-order valence-electron chi connectivity index (χ1n) is 8.38. The van der Waals surface area contributed by atoms with Crippen LogP contribution in [-0.2, 0) is 24.4 Å². The third-order valence-electron chi connectivity index (χ3n) is 4.04. The third-order valence-corrected chi connectivity index (χ3v) is 4.04. The first-order chi connectivity index (χ1) is 12.2. The maximum atomic E-state index is 12.2. The summed E-state index contributed by atoms with van der Waals surface area (Å²) in [6.45, 7) is 6.53. The molecular formula is C15H24N8O2. The maximum Gasteiger partial charge on any atom is 0.273 e. The highest BCUT2D eigenvalue weighted by Crippen LogP contribution is 2.02. The number of H-pyrrole nitrogens is 1. The van der Waals surface area contributed by atoms with Crippen molar-refractivity contribution in [2.45, 2.75) is 19.7 Å². The van der Waals surface area contributed by atoms with Crippen LogP contribution in [0.4, 0.5) is 0 Å². The van der Waals surface area contributed by atoms with Gasteiger partial charge in [-0.05, 0) is 6.07 Å². The van der Waals surface area contributed by atoms with Crippen LogP contribution >= 0.6 is 0 Å². The first-order valence-corrected chi connectivity index (χ1v) is 8.38. The zero-order valence-electron chi connectivity index (χ0n) is 14.4. The topological polar surface area (TPSA) is 113 Å². The monoisotopic (exact) mass is 348 g/mol. The van der Waals surface area contributed by atoms with Gasteiger partial charge in [0.2, 0.25) is 0 Å². The molecule has 136 valence electrons. The number of rotatable bonds is 8. The van der Waals surface area contributed by atoms with Gasteiger partial charge < -0.3 is 15.4 Å². The van der Waals surface area contributed by atoms with Gasteiger partial charge in [0, 0.05) is 39.8 Å². The number of piperazine rings is 1. The van der Waals surface area contributed by atoms with Crippen LogP contribution in [0, 0.1) is 0 Å². The number of methoxy groups -OCH3 is 1. The lowest BCUT2D eigenvalue weighted by molar-refractivity contribution is 0.0945. The van der Waals surface area contributed by atoms with Crippen LogP contribution in [-0.4, -0.2) is 75.8 Å². The average molecular weight is 348 g/mol. The molecule has 1 aliphatic rings. The molecule has 1 saturated heterocycles. The van der Waals surface area contributed by atoms with E-state index in [1.54, 1.807) is 18.0 Å². The molecule has 25 heavy (non-hydrogen) atoms. The van der Waals surface area contributed by atoms with E-state index in [0.29, 0.717) is 18.8 Å². The fourth-order valence-electron chi connectivity index (χ4n) is 2.68. The molecular weight excluding hydrogens is 324 g/mol. The SMILES string of the molecule is COCc1cc(CNC(=O)c2cn(CCN3CCNCC3)nn2)[nH]n1. The summed E-state index contributed by atoms with van der Waals surface area (Å²) >= 11 is 0. The van der Waals surface area contributed by atoms with E-state index in [-0.39, 0.29) is 5.91 Å². The molecule has 2 aromatic heterocycles. The van der Waals surface area contributed by atoms with E-state index in [0.717, 1.165) is 50.7 Å². The number of carbonyl (C=O) groups excluding carboxylic acids is 1. The van der Waals surface area contributed by atoms with Gasteiger partial charge in [0.05, 0.1) is 37.3 Å². The Morgan fingerprint density at radius 3 is 3.00 bits per heavy atom. The third kappa shape index (κ3) is 5.08. The van der Waals surface area contributed by atoms with Gasteiger partial charge in [-0.15, -0.1) is 5.10 Å². The van der Waals surface area contributed by atoms with Crippen LogP contribution in [0.15, 0.2) is 12.3 Å². The van der Waals surface area contributed by atoms with Crippen molar-refractivity contribution in [3.05, 3.63) is 29.3 Å². The van der Waals surface area contributed by atoms with Crippen LogP contribution < -0.4 is 10.6 Å². The second-order valence-corrected chi connectivity index (χ2v) is 5.96. The quantitative estimate of drug-likeness (QED) is 0.560. The van der Waals surface area contributed by atoms with Gasteiger partial charge >= 0.3 is 0 Å². The predicted molar refractivity (Wildman–Crippen MR) is 89.8 cm³/mol. The zero-order valence-corrected chi connectivity index (χ0v) is 14.4. The average Bonchev–Trinajstić information content (AvgIpc) is 3.29. The van der Waals surface area contributed by atoms with Crippen molar-refractivity contribution in [1.29, 1.82) is 0 Å². The van der Waals surface area contributed by atoms with E-state index in [9.17, 15) is 4.79 Å². The van der Waals surface area contributed by atoms with Gasteiger partial charge in [0.25, 0.3) is 5.91 Å². The van der Waals surface area contributed by atoms with Crippen LogP contribution in [0.5, 0.6) is 0 Å². The van der Waals surface area contributed by atoms with Gasteiger partial charge in [-0.3, -0.25) is 19.5 Å². The minimum atomic E-state index is -0.253. The molecule has 0 spiro atoms. The van der Waals surface area contributed by atoms with Crippen molar-refractivity contribution in [3.8, 4) is 0 Å². The fourth-order valence-corrected chi connectivity index (χ4v) is 2.68. The molecule has 1 aliphatic heterocycles. The summed E-state index contributed by atoms with van der Waals surface area (Å²) in [6, 6.07) is 1.86. The number of ether oxygens (including phenoxy) is 1. The molecule has 3 heterocycles. The van der Waals surface area contributed by atoms with Crippen LogP contribution in [0.3, 0.4) is 0 Å². The van der Waals surface area contributed by atoms with E-state index < -0.39 is 0 Å². The lowest BCUT2D eigenvalue weighted by Crippen LogP contribution is -2.44. The van der Waals surface area contributed by atoms with Gasteiger partial charge in [0.1, 0.15) is 0 Å². The maximum absolute atomic E-state index is 12.2. The number of hydrogen-bond donors (Lipinski definition) is 3. The highest BCUT2D eigenvalue weighted by atomic mass is 16.5. The summed E-state index contributed by atoms with van der Waals surface area (Å²) in [5.74, 6) is -0.253. The molecule has 0 unspecified atom stereocenters. The summed E-state index contributed by atoms with van der Waals surface area (Å²) < 4.78 is 6.72. The number of carbonyl (C=O) groups is 1. The molecule has 10 heteroatoms. The molecule has 3 N–H and O–H groups in total. The minimum absolute atomic E-state index is 0.253. The van der Waals surface area contributed by atoms with Crippen LogP contribution in [0.25, 0.3) is 0 Å². The summed E-state index contributed by atoms with van der Waals surface area (Å²) in [7, 11) is 1.61. The van der Waals surface area contributed by atoms with Crippen molar-refractivity contribution < 1.29 is 9.53 Å². The highest BCUT2D eigenvalue weighted by molar-refractivity contribution is 5.91. The standard InChI is InChI=1S/C15H24N8O2/c1-25-11-13-8-12(18-19-13)9-17-15(24)14-10-23(21-20-14)7-6-22-4-2-16-3-5-22/h8,10,16H,2-7,9,11H2,1H3,(H,17,24)(H,18,19). The van der Waals surface area contributed by atoms with Gasteiger partial charge in [-0.25, -0.2) is 0 Å². The first kappa shape index (κ1) is 17.5. The Balaban J connectivity index is 1.44. The summed E-state index contributed by atoms with van der Waals surface area (Å²) in [4.78, 5) is 14.5. The Hall–Kier alpha value is -2.30. The molecule has 0 aliphatic carbocycles. The fraction of sp³-hybridized carbons (Fsp3) is 0.600. The lowest BCUT2D eigenvalue weighted by Gasteiger charge is -2.26. The van der Waals surface area contributed by atoms with E-state index in [2.05, 4.69) is 36.0 Å². The smallest absolute Gasteiger partial charge is 0.273 e. The van der Waals surface area contributed by atoms with Crippen LogP contribution in [0.2, 0.25) is 0 Å². The molecule has 1 fully saturated rings. The number of nitrogens with one attached hydrogen (secondary N) is 3. The van der Waals surface area contributed by atoms with Crippen molar-refractivity contribution >= 4 is 5.91 Å².